The van der Waals surface area contributed by atoms with Crippen LogP contribution >= 0.6 is 0 Å². The molecule has 0 saturated heterocycles. The molecule has 16 heavy (non-hydrogen) atoms. The summed E-state index contributed by atoms with van der Waals surface area (Å²) in [6, 6.07) is 8.09. The lowest BCUT2D eigenvalue weighted by Gasteiger charge is -2.23. The van der Waals surface area contributed by atoms with Gasteiger partial charge in [0.05, 0.1) is 0 Å². The number of aryl methyl sites for hydroxylation is 1. The van der Waals surface area contributed by atoms with E-state index in [-0.39, 0.29) is 11.7 Å². The van der Waals surface area contributed by atoms with Gasteiger partial charge >= 0.3 is 0 Å². The SMILES string of the molecule is CC(=O)CC[C@H]1C(=O)CCc2ccccc21. The zero-order chi connectivity index (χ0) is 11.5. The molecular formula is C14H16O2. The van der Waals surface area contributed by atoms with Crippen molar-refractivity contribution in [3.8, 4) is 0 Å². The molecule has 0 aromatic heterocycles. The Labute approximate surface area is 95.7 Å². The number of carbonyl (C=O) groups excluding carboxylic acids is 2. The smallest absolute Gasteiger partial charge is 0.140 e. The van der Waals surface area contributed by atoms with Gasteiger partial charge in [-0.15, -0.1) is 0 Å². The number of benzene rings is 1. The van der Waals surface area contributed by atoms with Gasteiger partial charge in [0.15, 0.2) is 0 Å². The molecular weight excluding hydrogens is 200 g/mol. The second kappa shape index (κ2) is 4.60. The van der Waals surface area contributed by atoms with Crippen molar-refractivity contribution in [3.05, 3.63) is 35.4 Å². The molecule has 2 nitrogen and oxygen atoms in total. The quantitative estimate of drug-likeness (QED) is 0.778. The van der Waals surface area contributed by atoms with Gasteiger partial charge in [-0.05, 0) is 30.9 Å². The normalized spacial score (nSPS) is 19.3. The van der Waals surface area contributed by atoms with E-state index in [0.717, 1.165) is 12.0 Å². The van der Waals surface area contributed by atoms with E-state index in [1.165, 1.54) is 5.56 Å². The second-order valence-electron chi connectivity index (χ2n) is 4.46. The number of Topliss-reactive ketones (excluding diaryl/α,β-unsaturated/α-hetero) is 2. The molecule has 1 atom stereocenters. The summed E-state index contributed by atoms with van der Waals surface area (Å²) in [6.07, 6.45) is 2.65. The summed E-state index contributed by atoms with van der Waals surface area (Å²) in [6.45, 7) is 1.58. The van der Waals surface area contributed by atoms with Crippen molar-refractivity contribution in [3.63, 3.8) is 0 Å². The van der Waals surface area contributed by atoms with E-state index in [9.17, 15) is 9.59 Å². The lowest BCUT2D eigenvalue weighted by atomic mass is 9.79. The number of fused-ring (bicyclic) bond motifs is 1. The van der Waals surface area contributed by atoms with Gasteiger partial charge in [0.2, 0.25) is 0 Å². The Morgan fingerprint density at radius 3 is 2.81 bits per heavy atom. The van der Waals surface area contributed by atoms with E-state index >= 15 is 0 Å². The van der Waals surface area contributed by atoms with Crippen molar-refractivity contribution in [1.82, 2.24) is 0 Å². The Bertz CT molecular complexity index is 420. The summed E-state index contributed by atoms with van der Waals surface area (Å²) in [4.78, 5) is 22.9. The number of ketones is 2. The molecule has 1 aliphatic rings. The molecule has 0 radical (unpaired) electrons. The third-order valence-corrected chi connectivity index (χ3v) is 3.24. The van der Waals surface area contributed by atoms with Crippen molar-refractivity contribution in [2.45, 2.75) is 38.5 Å². The third-order valence-electron chi connectivity index (χ3n) is 3.24. The molecule has 0 unspecified atom stereocenters. The number of rotatable bonds is 3. The van der Waals surface area contributed by atoms with E-state index in [4.69, 9.17) is 0 Å². The fourth-order valence-electron chi connectivity index (χ4n) is 2.37. The van der Waals surface area contributed by atoms with Crippen LogP contribution in [0.1, 0.15) is 43.2 Å². The summed E-state index contributed by atoms with van der Waals surface area (Å²) in [5, 5.41) is 0. The van der Waals surface area contributed by atoms with Crippen LogP contribution in [0.4, 0.5) is 0 Å². The van der Waals surface area contributed by atoms with Gasteiger partial charge in [-0.2, -0.15) is 0 Å². The Balaban J connectivity index is 2.23. The predicted octanol–water partition coefficient (Wildman–Crippen LogP) is 2.65. The van der Waals surface area contributed by atoms with Crippen LogP contribution in [-0.2, 0) is 16.0 Å². The maximum atomic E-state index is 11.9. The lowest BCUT2D eigenvalue weighted by molar-refractivity contribution is -0.121. The highest BCUT2D eigenvalue weighted by molar-refractivity contribution is 5.88. The molecule has 0 saturated carbocycles. The Morgan fingerprint density at radius 1 is 1.31 bits per heavy atom. The van der Waals surface area contributed by atoms with Crippen molar-refractivity contribution in [2.24, 2.45) is 0 Å². The molecule has 0 fully saturated rings. The summed E-state index contributed by atoms with van der Waals surface area (Å²) < 4.78 is 0. The highest BCUT2D eigenvalue weighted by atomic mass is 16.1. The minimum Gasteiger partial charge on any atom is -0.300 e. The van der Waals surface area contributed by atoms with Crippen LogP contribution in [0, 0.1) is 0 Å². The maximum absolute atomic E-state index is 11.9. The minimum atomic E-state index is -0.0474. The summed E-state index contributed by atoms with van der Waals surface area (Å²) in [7, 11) is 0. The van der Waals surface area contributed by atoms with Gasteiger partial charge < -0.3 is 4.79 Å². The number of hydrogen-bond acceptors (Lipinski definition) is 2. The van der Waals surface area contributed by atoms with E-state index in [1.54, 1.807) is 6.92 Å². The zero-order valence-corrected chi connectivity index (χ0v) is 9.53. The van der Waals surface area contributed by atoms with Gasteiger partial charge in [-0.25, -0.2) is 0 Å². The van der Waals surface area contributed by atoms with Gasteiger partial charge in [-0.3, -0.25) is 4.79 Å². The van der Waals surface area contributed by atoms with E-state index in [1.807, 2.05) is 18.2 Å². The molecule has 84 valence electrons. The summed E-state index contributed by atoms with van der Waals surface area (Å²) in [5.74, 6) is 0.407. The molecule has 0 heterocycles. The Kier molecular flexibility index (Phi) is 3.18. The molecule has 1 aromatic rings. The molecule has 0 spiro atoms. The average molecular weight is 216 g/mol. The monoisotopic (exact) mass is 216 g/mol. The van der Waals surface area contributed by atoms with E-state index in [0.29, 0.717) is 25.0 Å². The largest absolute Gasteiger partial charge is 0.300 e. The molecule has 2 heteroatoms. The lowest BCUT2D eigenvalue weighted by Crippen LogP contribution is -2.21. The summed E-state index contributed by atoms with van der Waals surface area (Å²) >= 11 is 0. The van der Waals surface area contributed by atoms with Crippen molar-refractivity contribution >= 4 is 11.6 Å². The molecule has 2 rings (SSSR count). The first kappa shape index (κ1) is 11.1. The van der Waals surface area contributed by atoms with E-state index < -0.39 is 0 Å². The third kappa shape index (κ3) is 2.21. The van der Waals surface area contributed by atoms with Crippen molar-refractivity contribution in [1.29, 1.82) is 0 Å². The van der Waals surface area contributed by atoms with Crippen molar-refractivity contribution in [2.75, 3.05) is 0 Å². The second-order valence-corrected chi connectivity index (χ2v) is 4.46. The van der Waals surface area contributed by atoms with Crippen LogP contribution in [0.5, 0.6) is 0 Å². The number of hydrogen-bond donors (Lipinski definition) is 0. The fraction of sp³-hybridized carbons (Fsp3) is 0.429. The van der Waals surface area contributed by atoms with Crippen LogP contribution in [0.15, 0.2) is 24.3 Å². The first-order valence-electron chi connectivity index (χ1n) is 5.78. The average Bonchev–Trinajstić information content (AvgIpc) is 2.27. The Morgan fingerprint density at radius 2 is 2.06 bits per heavy atom. The Hall–Kier alpha value is -1.44. The highest BCUT2D eigenvalue weighted by Gasteiger charge is 2.26. The van der Waals surface area contributed by atoms with Crippen LogP contribution in [0.25, 0.3) is 0 Å². The van der Waals surface area contributed by atoms with Crippen LogP contribution in [0.3, 0.4) is 0 Å². The van der Waals surface area contributed by atoms with Gasteiger partial charge in [0.25, 0.3) is 0 Å². The molecule has 0 N–H and O–H groups in total. The van der Waals surface area contributed by atoms with Gasteiger partial charge in [0, 0.05) is 18.8 Å². The van der Waals surface area contributed by atoms with Crippen molar-refractivity contribution < 1.29 is 9.59 Å². The fourth-order valence-corrected chi connectivity index (χ4v) is 2.37. The van der Waals surface area contributed by atoms with Crippen LogP contribution in [-0.4, -0.2) is 11.6 Å². The molecule has 0 bridgehead atoms. The topological polar surface area (TPSA) is 34.1 Å². The zero-order valence-electron chi connectivity index (χ0n) is 9.53. The minimum absolute atomic E-state index is 0.0474. The molecule has 0 amide bonds. The molecule has 0 aliphatic heterocycles. The van der Waals surface area contributed by atoms with Gasteiger partial charge in [0.1, 0.15) is 11.6 Å². The first-order valence-corrected chi connectivity index (χ1v) is 5.78. The molecule has 1 aliphatic carbocycles. The first-order chi connectivity index (χ1) is 7.68. The maximum Gasteiger partial charge on any atom is 0.140 e. The van der Waals surface area contributed by atoms with Gasteiger partial charge in [-0.1, -0.05) is 24.3 Å². The highest BCUT2D eigenvalue weighted by Crippen LogP contribution is 2.32. The van der Waals surface area contributed by atoms with Crippen LogP contribution in [0.2, 0.25) is 0 Å². The number of carbonyl (C=O) groups is 2. The summed E-state index contributed by atoms with van der Waals surface area (Å²) in [5.41, 5.74) is 2.41. The van der Waals surface area contributed by atoms with E-state index in [2.05, 4.69) is 6.07 Å². The molecule has 1 aromatic carbocycles. The predicted molar refractivity (Wildman–Crippen MR) is 62.4 cm³/mol. The van der Waals surface area contributed by atoms with Crippen LogP contribution < -0.4 is 0 Å². The standard InChI is InChI=1S/C14H16O2/c1-10(15)6-8-13-12-5-3-2-4-11(12)7-9-14(13)16/h2-5,13H,6-9H2,1H3/t13-/m1/s1.